The van der Waals surface area contributed by atoms with Gasteiger partial charge in [-0.1, -0.05) is 27.7 Å². The summed E-state index contributed by atoms with van der Waals surface area (Å²) in [7, 11) is 0. The fourth-order valence-electron chi connectivity index (χ4n) is 4.85. The minimum absolute atomic E-state index is 0.197. The van der Waals surface area contributed by atoms with Crippen molar-refractivity contribution in [3.8, 4) is 0 Å². The Balaban J connectivity index is 1.90. The minimum atomic E-state index is -0.417. The Labute approximate surface area is 122 Å². The average Bonchev–Trinajstić information content (AvgIpc) is 2.69. The third kappa shape index (κ3) is 1.47. The number of fused-ring (bicyclic) bond motifs is 2. The highest BCUT2D eigenvalue weighted by molar-refractivity contribution is 5.99. The summed E-state index contributed by atoms with van der Waals surface area (Å²) in [4.78, 5) is 27.7. The molecule has 2 aliphatic carbocycles. The number of likely N-dealkylation sites (tertiary alicyclic amines) is 1. The van der Waals surface area contributed by atoms with Crippen LogP contribution in [0, 0.1) is 22.2 Å². The molecule has 0 aromatic heterocycles. The number of carbonyl (C=O) groups excluding carboxylic acids is 2. The summed E-state index contributed by atoms with van der Waals surface area (Å²) < 4.78 is 0. The van der Waals surface area contributed by atoms with Crippen molar-refractivity contribution < 1.29 is 9.59 Å². The SMILES string of the molecule is CC1CCN(C(=O)[C@]23CC[C@](C)(C(=O)C2)C3(C)C)CC1. The van der Waals surface area contributed by atoms with Crippen LogP contribution in [0.15, 0.2) is 0 Å². The second-order valence-electron chi connectivity index (χ2n) is 8.11. The highest BCUT2D eigenvalue weighted by Crippen LogP contribution is 2.71. The van der Waals surface area contributed by atoms with E-state index in [0.717, 1.165) is 44.7 Å². The van der Waals surface area contributed by atoms with E-state index in [-0.39, 0.29) is 16.7 Å². The van der Waals surface area contributed by atoms with Gasteiger partial charge in [0.1, 0.15) is 5.78 Å². The number of hydrogen-bond acceptors (Lipinski definition) is 2. The third-order valence-electron chi connectivity index (χ3n) is 7.19. The molecule has 0 aromatic rings. The van der Waals surface area contributed by atoms with Crippen LogP contribution in [0.3, 0.4) is 0 Å². The van der Waals surface area contributed by atoms with E-state index in [1.165, 1.54) is 0 Å². The summed E-state index contributed by atoms with van der Waals surface area (Å²) in [5, 5.41) is 0. The lowest BCUT2D eigenvalue weighted by Gasteiger charge is -2.43. The molecule has 2 atom stereocenters. The number of nitrogens with zero attached hydrogens (tertiary/aromatic N) is 1. The maximum atomic E-state index is 13.2. The van der Waals surface area contributed by atoms with Gasteiger partial charge in [-0.25, -0.2) is 0 Å². The van der Waals surface area contributed by atoms with Gasteiger partial charge in [0, 0.05) is 24.9 Å². The first-order chi connectivity index (χ1) is 9.24. The van der Waals surface area contributed by atoms with Crippen LogP contribution in [-0.4, -0.2) is 29.7 Å². The summed E-state index contributed by atoms with van der Waals surface area (Å²) in [5.41, 5.74) is -0.900. The Kier molecular flexibility index (Phi) is 2.88. The summed E-state index contributed by atoms with van der Waals surface area (Å²) >= 11 is 0. The van der Waals surface area contributed by atoms with Gasteiger partial charge in [-0.15, -0.1) is 0 Å². The molecule has 3 heteroatoms. The van der Waals surface area contributed by atoms with E-state index < -0.39 is 5.41 Å². The molecule has 1 amide bonds. The lowest BCUT2D eigenvalue weighted by Crippen LogP contribution is -2.50. The smallest absolute Gasteiger partial charge is 0.229 e. The Hall–Kier alpha value is -0.860. The van der Waals surface area contributed by atoms with Gasteiger partial charge in [0.2, 0.25) is 5.91 Å². The number of Topliss-reactive ketones (excluding diaryl/α,β-unsaturated/α-hetero) is 1. The van der Waals surface area contributed by atoms with E-state index >= 15 is 0 Å². The fourth-order valence-corrected chi connectivity index (χ4v) is 4.85. The molecule has 2 saturated carbocycles. The Bertz CT molecular complexity index is 462. The first-order valence-corrected chi connectivity index (χ1v) is 8.07. The van der Waals surface area contributed by atoms with E-state index in [4.69, 9.17) is 0 Å². The van der Waals surface area contributed by atoms with Crippen LogP contribution in [0.5, 0.6) is 0 Å². The van der Waals surface area contributed by atoms with Crippen LogP contribution in [0.4, 0.5) is 0 Å². The molecule has 2 bridgehead atoms. The van der Waals surface area contributed by atoms with Crippen LogP contribution in [0.25, 0.3) is 0 Å². The lowest BCUT2D eigenvalue weighted by molar-refractivity contribution is -0.149. The molecule has 0 aromatic carbocycles. The molecule has 1 heterocycles. The van der Waals surface area contributed by atoms with Gasteiger partial charge in [0.25, 0.3) is 0 Å². The number of piperidine rings is 1. The summed E-state index contributed by atoms with van der Waals surface area (Å²) in [6.07, 6.45) is 4.46. The Morgan fingerprint density at radius 3 is 2.20 bits per heavy atom. The molecule has 1 aliphatic heterocycles. The molecule has 3 rings (SSSR count). The second kappa shape index (κ2) is 4.08. The van der Waals surface area contributed by atoms with Gasteiger partial charge in [0.05, 0.1) is 5.41 Å². The number of rotatable bonds is 1. The molecule has 3 aliphatic rings. The van der Waals surface area contributed by atoms with Crippen molar-refractivity contribution in [2.24, 2.45) is 22.2 Å². The number of amides is 1. The van der Waals surface area contributed by atoms with Gasteiger partial charge in [-0.05, 0) is 37.0 Å². The normalized spacial score (nSPS) is 40.4. The van der Waals surface area contributed by atoms with Crippen LogP contribution in [-0.2, 0) is 9.59 Å². The molecule has 0 radical (unpaired) electrons. The van der Waals surface area contributed by atoms with Crippen molar-refractivity contribution in [3.63, 3.8) is 0 Å². The van der Waals surface area contributed by atoms with Crippen LogP contribution >= 0.6 is 0 Å². The van der Waals surface area contributed by atoms with E-state index in [9.17, 15) is 9.59 Å². The Morgan fingerprint density at radius 2 is 1.75 bits per heavy atom. The predicted molar refractivity (Wildman–Crippen MR) is 78.2 cm³/mol. The third-order valence-corrected chi connectivity index (χ3v) is 7.19. The zero-order chi connectivity index (χ0) is 14.8. The molecule has 0 unspecified atom stereocenters. The van der Waals surface area contributed by atoms with Gasteiger partial charge in [0.15, 0.2) is 0 Å². The largest absolute Gasteiger partial charge is 0.342 e. The fraction of sp³-hybridized carbons (Fsp3) is 0.882. The van der Waals surface area contributed by atoms with Crippen molar-refractivity contribution in [1.29, 1.82) is 0 Å². The molecular weight excluding hydrogens is 250 g/mol. The lowest BCUT2D eigenvalue weighted by atomic mass is 9.64. The molecule has 20 heavy (non-hydrogen) atoms. The zero-order valence-corrected chi connectivity index (χ0v) is 13.3. The average molecular weight is 277 g/mol. The van der Waals surface area contributed by atoms with Crippen LogP contribution in [0.2, 0.25) is 0 Å². The zero-order valence-electron chi connectivity index (χ0n) is 13.3. The molecule has 3 nitrogen and oxygen atoms in total. The number of hydrogen-bond donors (Lipinski definition) is 0. The highest BCUT2D eigenvalue weighted by Gasteiger charge is 2.72. The molecule has 3 fully saturated rings. The maximum absolute atomic E-state index is 13.2. The second-order valence-corrected chi connectivity index (χ2v) is 8.11. The van der Waals surface area contributed by atoms with Gasteiger partial charge >= 0.3 is 0 Å². The maximum Gasteiger partial charge on any atom is 0.229 e. The van der Waals surface area contributed by atoms with Crippen molar-refractivity contribution in [3.05, 3.63) is 0 Å². The standard InChI is InChI=1S/C17H27NO2/c1-12-5-9-18(10-6-12)14(20)17-8-7-16(4,13(19)11-17)15(17,2)3/h12H,5-11H2,1-4H3/t16-,17+/m1/s1. The van der Waals surface area contributed by atoms with E-state index in [0.29, 0.717) is 12.2 Å². The van der Waals surface area contributed by atoms with E-state index in [1.54, 1.807) is 0 Å². The van der Waals surface area contributed by atoms with Gasteiger partial charge in [-0.2, -0.15) is 0 Å². The molecule has 1 saturated heterocycles. The highest BCUT2D eigenvalue weighted by atomic mass is 16.2. The van der Waals surface area contributed by atoms with E-state index in [1.807, 2.05) is 4.90 Å². The van der Waals surface area contributed by atoms with Crippen LogP contribution in [0.1, 0.15) is 59.8 Å². The van der Waals surface area contributed by atoms with Crippen molar-refractivity contribution in [1.82, 2.24) is 4.90 Å². The first kappa shape index (κ1) is 14.1. The summed E-state index contributed by atoms with van der Waals surface area (Å²) in [6, 6.07) is 0. The van der Waals surface area contributed by atoms with Crippen molar-refractivity contribution in [2.75, 3.05) is 13.1 Å². The predicted octanol–water partition coefficient (Wildman–Crippen LogP) is 3.03. The van der Waals surface area contributed by atoms with Crippen LogP contribution < -0.4 is 0 Å². The van der Waals surface area contributed by atoms with Crippen molar-refractivity contribution >= 4 is 11.7 Å². The summed E-state index contributed by atoms with van der Waals surface area (Å²) in [5.74, 6) is 1.31. The first-order valence-electron chi connectivity index (χ1n) is 8.07. The minimum Gasteiger partial charge on any atom is -0.342 e. The van der Waals surface area contributed by atoms with Crippen molar-refractivity contribution in [2.45, 2.75) is 59.8 Å². The summed E-state index contributed by atoms with van der Waals surface area (Å²) in [6.45, 7) is 10.4. The molecule has 0 spiro atoms. The van der Waals surface area contributed by atoms with Gasteiger partial charge in [-0.3, -0.25) is 9.59 Å². The van der Waals surface area contributed by atoms with Gasteiger partial charge < -0.3 is 4.90 Å². The molecule has 112 valence electrons. The quantitative estimate of drug-likeness (QED) is 0.739. The molecule has 0 N–H and O–H groups in total. The number of ketones is 1. The van der Waals surface area contributed by atoms with E-state index in [2.05, 4.69) is 27.7 Å². The topological polar surface area (TPSA) is 37.4 Å². The molecular formula is C17H27NO2. The monoisotopic (exact) mass is 277 g/mol. The Morgan fingerprint density at radius 1 is 1.15 bits per heavy atom. The number of carbonyl (C=O) groups is 2.